The first kappa shape index (κ1) is 11.7. The van der Waals surface area contributed by atoms with Crippen LogP contribution in [-0.2, 0) is 16.6 Å². The predicted octanol–water partition coefficient (Wildman–Crippen LogP) is 0.612. The van der Waals surface area contributed by atoms with Gasteiger partial charge in [0.1, 0.15) is 0 Å². The molecular weight excluding hydrogens is 240 g/mol. The maximum absolute atomic E-state index is 11.3. The number of rotatable bonds is 3. The van der Waals surface area contributed by atoms with Gasteiger partial charge in [0.15, 0.2) is 5.82 Å². The molecule has 2 rings (SSSR count). The second-order valence-corrected chi connectivity index (χ2v) is 4.92. The Morgan fingerprint density at radius 1 is 1.24 bits per heavy atom. The fourth-order valence-corrected chi connectivity index (χ4v) is 2.26. The summed E-state index contributed by atoms with van der Waals surface area (Å²) in [4.78, 5) is 0. The highest BCUT2D eigenvalue weighted by Crippen LogP contribution is 2.19. The first-order chi connectivity index (χ1) is 8.04. The van der Waals surface area contributed by atoms with E-state index in [-0.39, 0.29) is 5.16 Å². The average Bonchev–Trinajstić information content (AvgIpc) is 2.73. The van der Waals surface area contributed by atoms with Gasteiger partial charge in [0.25, 0.3) is 15.2 Å². The quantitative estimate of drug-likeness (QED) is 0.866. The number of benzene rings is 1. The van der Waals surface area contributed by atoms with Crippen LogP contribution >= 0.6 is 0 Å². The van der Waals surface area contributed by atoms with Gasteiger partial charge in [-0.3, -0.25) is 4.57 Å². The standard InChI is InChI=1S/C10H12N4O2S/c1-2-14-9(8-6-4-3-5-7-8)12-13-10(14)17(11,15)16/h3-7H,2H2,1H3,(H2,11,15,16). The van der Waals surface area contributed by atoms with Crippen molar-refractivity contribution in [2.75, 3.05) is 0 Å². The highest BCUT2D eigenvalue weighted by molar-refractivity contribution is 7.89. The largest absolute Gasteiger partial charge is 0.297 e. The summed E-state index contributed by atoms with van der Waals surface area (Å²) in [6, 6.07) is 9.24. The fourth-order valence-electron chi connectivity index (χ4n) is 1.59. The lowest BCUT2D eigenvalue weighted by atomic mass is 10.2. The van der Waals surface area contributed by atoms with E-state index in [1.54, 1.807) is 0 Å². The zero-order valence-corrected chi connectivity index (χ0v) is 10.1. The molecule has 0 saturated heterocycles. The van der Waals surface area contributed by atoms with Gasteiger partial charge in [-0.1, -0.05) is 30.3 Å². The molecule has 1 heterocycles. The van der Waals surface area contributed by atoms with Gasteiger partial charge in [-0.25, -0.2) is 13.6 Å². The first-order valence-corrected chi connectivity index (χ1v) is 6.60. The molecule has 0 bridgehead atoms. The predicted molar refractivity (Wildman–Crippen MR) is 62.5 cm³/mol. The molecule has 0 aliphatic carbocycles. The van der Waals surface area contributed by atoms with E-state index in [2.05, 4.69) is 10.2 Å². The Bertz CT molecular complexity index is 619. The Balaban J connectivity index is 2.62. The molecule has 7 heteroatoms. The zero-order valence-electron chi connectivity index (χ0n) is 9.24. The van der Waals surface area contributed by atoms with Gasteiger partial charge in [-0.15, -0.1) is 10.2 Å². The molecular formula is C10H12N4O2S. The normalized spacial score (nSPS) is 11.6. The van der Waals surface area contributed by atoms with Gasteiger partial charge < -0.3 is 0 Å². The Kier molecular flexibility index (Phi) is 2.95. The topological polar surface area (TPSA) is 90.9 Å². The van der Waals surface area contributed by atoms with E-state index in [1.165, 1.54) is 4.57 Å². The van der Waals surface area contributed by atoms with Crippen molar-refractivity contribution in [3.63, 3.8) is 0 Å². The SMILES string of the molecule is CCn1c(-c2ccccc2)nnc1S(N)(=O)=O. The van der Waals surface area contributed by atoms with Crippen molar-refractivity contribution in [1.82, 2.24) is 14.8 Å². The van der Waals surface area contributed by atoms with Gasteiger partial charge in [0, 0.05) is 12.1 Å². The van der Waals surface area contributed by atoms with Crippen molar-refractivity contribution in [2.45, 2.75) is 18.6 Å². The molecule has 1 aromatic heterocycles. The first-order valence-electron chi connectivity index (χ1n) is 5.05. The van der Waals surface area contributed by atoms with Crippen LogP contribution in [0.3, 0.4) is 0 Å². The second kappa shape index (κ2) is 4.27. The molecule has 0 aliphatic heterocycles. The molecule has 0 aliphatic rings. The van der Waals surface area contributed by atoms with E-state index in [0.717, 1.165) is 5.56 Å². The van der Waals surface area contributed by atoms with E-state index >= 15 is 0 Å². The third-order valence-corrected chi connectivity index (χ3v) is 3.13. The summed E-state index contributed by atoms with van der Waals surface area (Å²) < 4.78 is 24.1. The molecule has 0 radical (unpaired) electrons. The number of nitrogens with two attached hydrogens (primary N) is 1. The summed E-state index contributed by atoms with van der Waals surface area (Å²) in [7, 11) is -3.84. The van der Waals surface area contributed by atoms with Gasteiger partial charge in [-0.2, -0.15) is 0 Å². The van der Waals surface area contributed by atoms with Crippen molar-refractivity contribution >= 4 is 10.0 Å². The van der Waals surface area contributed by atoms with Gasteiger partial charge in [-0.05, 0) is 6.92 Å². The van der Waals surface area contributed by atoms with Crippen LogP contribution in [-0.4, -0.2) is 23.2 Å². The number of sulfonamides is 1. The Labute approximate surface area is 99.1 Å². The molecule has 0 amide bonds. The van der Waals surface area contributed by atoms with E-state index < -0.39 is 10.0 Å². The molecule has 2 N–H and O–H groups in total. The van der Waals surface area contributed by atoms with Crippen molar-refractivity contribution in [3.05, 3.63) is 30.3 Å². The van der Waals surface area contributed by atoms with E-state index in [4.69, 9.17) is 5.14 Å². The van der Waals surface area contributed by atoms with Crippen LogP contribution in [0.25, 0.3) is 11.4 Å². The number of hydrogen-bond acceptors (Lipinski definition) is 4. The summed E-state index contributed by atoms with van der Waals surface area (Å²) in [6.07, 6.45) is 0. The number of aromatic nitrogens is 3. The van der Waals surface area contributed by atoms with Gasteiger partial charge in [0.2, 0.25) is 0 Å². The van der Waals surface area contributed by atoms with Crippen LogP contribution in [0.15, 0.2) is 35.5 Å². The van der Waals surface area contributed by atoms with E-state index in [1.807, 2.05) is 37.3 Å². The Hall–Kier alpha value is -1.73. The van der Waals surface area contributed by atoms with Crippen LogP contribution < -0.4 is 5.14 Å². The minimum absolute atomic E-state index is 0.209. The maximum Gasteiger partial charge on any atom is 0.273 e. The molecule has 6 nitrogen and oxygen atoms in total. The maximum atomic E-state index is 11.3. The number of hydrogen-bond donors (Lipinski definition) is 1. The van der Waals surface area contributed by atoms with Gasteiger partial charge >= 0.3 is 0 Å². The molecule has 2 aromatic rings. The lowest BCUT2D eigenvalue weighted by molar-refractivity contribution is 0.571. The van der Waals surface area contributed by atoms with Crippen LogP contribution in [0.1, 0.15) is 6.92 Å². The van der Waals surface area contributed by atoms with E-state index in [0.29, 0.717) is 12.4 Å². The summed E-state index contributed by atoms with van der Waals surface area (Å²) >= 11 is 0. The van der Waals surface area contributed by atoms with Crippen molar-refractivity contribution in [3.8, 4) is 11.4 Å². The second-order valence-electron chi connectivity index (χ2n) is 3.46. The third kappa shape index (κ3) is 2.20. The van der Waals surface area contributed by atoms with Crippen molar-refractivity contribution in [2.24, 2.45) is 5.14 Å². The highest BCUT2D eigenvalue weighted by Gasteiger charge is 2.20. The summed E-state index contributed by atoms with van der Waals surface area (Å²) in [5.74, 6) is 0.497. The smallest absolute Gasteiger partial charge is 0.273 e. The molecule has 0 unspecified atom stereocenters. The minimum atomic E-state index is -3.84. The van der Waals surface area contributed by atoms with Gasteiger partial charge in [0.05, 0.1) is 0 Å². The Morgan fingerprint density at radius 3 is 2.41 bits per heavy atom. The monoisotopic (exact) mass is 252 g/mol. The molecule has 1 aromatic carbocycles. The minimum Gasteiger partial charge on any atom is -0.297 e. The van der Waals surface area contributed by atoms with Crippen molar-refractivity contribution in [1.29, 1.82) is 0 Å². The summed E-state index contributed by atoms with van der Waals surface area (Å²) in [5, 5.41) is 12.4. The fraction of sp³-hybridized carbons (Fsp3) is 0.200. The van der Waals surface area contributed by atoms with Crippen LogP contribution in [0, 0.1) is 0 Å². The molecule has 0 saturated carbocycles. The summed E-state index contributed by atoms with van der Waals surface area (Å²) in [5.41, 5.74) is 0.803. The van der Waals surface area contributed by atoms with Crippen LogP contribution in [0.2, 0.25) is 0 Å². The third-order valence-electron chi connectivity index (χ3n) is 2.32. The lowest BCUT2D eigenvalue weighted by Gasteiger charge is -2.05. The van der Waals surface area contributed by atoms with E-state index in [9.17, 15) is 8.42 Å². The molecule has 0 spiro atoms. The summed E-state index contributed by atoms with van der Waals surface area (Å²) in [6.45, 7) is 2.24. The highest BCUT2D eigenvalue weighted by atomic mass is 32.2. The molecule has 90 valence electrons. The number of primary sulfonamides is 1. The molecule has 0 atom stereocenters. The lowest BCUT2D eigenvalue weighted by Crippen LogP contribution is -2.18. The molecule has 0 fully saturated rings. The Morgan fingerprint density at radius 2 is 1.88 bits per heavy atom. The molecule has 17 heavy (non-hydrogen) atoms. The number of nitrogens with zero attached hydrogens (tertiary/aromatic N) is 3. The van der Waals surface area contributed by atoms with Crippen LogP contribution in [0.4, 0.5) is 0 Å². The zero-order chi connectivity index (χ0) is 12.5. The van der Waals surface area contributed by atoms with Crippen LogP contribution in [0.5, 0.6) is 0 Å². The average molecular weight is 252 g/mol. The van der Waals surface area contributed by atoms with Crippen molar-refractivity contribution < 1.29 is 8.42 Å².